The molecule has 0 aliphatic rings. The number of carbonyl (C=O) groups is 1. The van der Waals surface area contributed by atoms with Gasteiger partial charge in [0.25, 0.3) is 0 Å². The Morgan fingerprint density at radius 1 is 1.22 bits per heavy atom. The Morgan fingerprint density at radius 3 is 2.91 bits per heavy atom. The third-order valence-electron chi connectivity index (χ3n) is 3.44. The molecule has 3 heterocycles. The maximum atomic E-state index is 11.9. The molecule has 0 unspecified atom stereocenters. The van der Waals surface area contributed by atoms with Crippen molar-refractivity contribution in [3.8, 4) is 10.6 Å². The van der Waals surface area contributed by atoms with Crippen molar-refractivity contribution < 1.29 is 9.21 Å². The Kier molecular flexibility index (Phi) is 4.88. The molecular formula is C18H18N2O2S. The van der Waals surface area contributed by atoms with Crippen LogP contribution in [0.15, 0.2) is 52.3 Å². The molecule has 0 saturated heterocycles. The Morgan fingerprint density at radius 2 is 2.13 bits per heavy atom. The number of hydrogen-bond acceptors (Lipinski definition) is 4. The number of pyridine rings is 1. The standard InChI is InChI=1S/C18H18N2O2S/c1-13-4-2-5-14(20-13)12-19-18(21)10-8-15-7-9-16(22-15)17-6-3-11-23-17/h2-7,9,11H,8,10,12H2,1H3,(H,19,21). The first-order valence-electron chi connectivity index (χ1n) is 7.52. The van der Waals surface area contributed by atoms with Crippen molar-refractivity contribution >= 4 is 17.2 Å². The quantitative estimate of drug-likeness (QED) is 0.746. The van der Waals surface area contributed by atoms with Crippen LogP contribution in [0.25, 0.3) is 10.6 Å². The molecule has 0 aliphatic carbocycles. The third-order valence-corrected chi connectivity index (χ3v) is 4.32. The van der Waals surface area contributed by atoms with Gasteiger partial charge in [-0.15, -0.1) is 11.3 Å². The lowest BCUT2D eigenvalue weighted by Crippen LogP contribution is -2.23. The molecule has 0 aromatic carbocycles. The first-order chi connectivity index (χ1) is 11.2. The molecule has 1 amide bonds. The molecule has 23 heavy (non-hydrogen) atoms. The minimum Gasteiger partial charge on any atom is -0.460 e. The average Bonchev–Trinajstić information content (AvgIpc) is 3.22. The summed E-state index contributed by atoms with van der Waals surface area (Å²) in [6, 6.07) is 13.7. The molecule has 4 nitrogen and oxygen atoms in total. The van der Waals surface area contributed by atoms with E-state index < -0.39 is 0 Å². The van der Waals surface area contributed by atoms with E-state index in [4.69, 9.17) is 4.42 Å². The van der Waals surface area contributed by atoms with Gasteiger partial charge in [-0.1, -0.05) is 12.1 Å². The monoisotopic (exact) mass is 326 g/mol. The molecule has 0 bridgehead atoms. The number of thiophene rings is 1. The van der Waals surface area contributed by atoms with Crippen LogP contribution in [0, 0.1) is 6.92 Å². The van der Waals surface area contributed by atoms with E-state index in [0.29, 0.717) is 19.4 Å². The zero-order valence-electron chi connectivity index (χ0n) is 12.9. The highest BCUT2D eigenvalue weighted by Gasteiger charge is 2.08. The molecule has 0 aliphatic heterocycles. The van der Waals surface area contributed by atoms with Crippen LogP contribution < -0.4 is 5.32 Å². The lowest BCUT2D eigenvalue weighted by atomic mass is 10.2. The Hall–Kier alpha value is -2.40. The maximum Gasteiger partial charge on any atom is 0.220 e. The van der Waals surface area contributed by atoms with Crippen LogP contribution >= 0.6 is 11.3 Å². The van der Waals surface area contributed by atoms with Crippen LogP contribution in [0.5, 0.6) is 0 Å². The van der Waals surface area contributed by atoms with E-state index >= 15 is 0 Å². The predicted molar refractivity (Wildman–Crippen MR) is 91.2 cm³/mol. The van der Waals surface area contributed by atoms with Crippen molar-refractivity contribution in [3.63, 3.8) is 0 Å². The fourth-order valence-electron chi connectivity index (χ4n) is 2.28. The second-order valence-electron chi connectivity index (χ2n) is 5.29. The fraction of sp³-hybridized carbons (Fsp3) is 0.222. The van der Waals surface area contributed by atoms with Gasteiger partial charge < -0.3 is 9.73 Å². The van der Waals surface area contributed by atoms with Crippen molar-refractivity contribution in [2.24, 2.45) is 0 Å². The second-order valence-corrected chi connectivity index (χ2v) is 6.24. The number of hydrogen-bond donors (Lipinski definition) is 1. The van der Waals surface area contributed by atoms with Crippen LogP contribution in [0.2, 0.25) is 0 Å². The number of amides is 1. The lowest BCUT2D eigenvalue weighted by Gasteiger charge is -2.04. The highest BCUT2D eigenvalue weighted by Crippen LogP contribution is 2.26. The van der Waals surface area contributed by atoms with Crippen molar-refractivity contribution in [3.05, 3.63) is 65.0 Å². The fourth-order valence-corrected chi connectivity index (χ4v) is 2.96. The highest BCUT2D eigenvalue weighted by molar-refractivity contribution is 7.13. The molecule has 0 saturated carbocycles. The van der Waals surface area contributed by atoms with Crippen LogP contribution in [-0.4, -0.2) is 10.9 Å². The van der Waals surface area contributed by atoms with Gasteiger partial charge in [-0.2, -0.15) is 0 Å². The predicted octanol–water partition coefficient (Wildman–Crippen LogP) is 3.96. The molecule has 5 heteroatoms. The minimum atomic E-state index is 0.00220. The molecule has 0 radical (unpaired) electrons. The van der Waals surface area contributed by atoms with E-state index in [1.807, 2.05) is 54.8 Å². The topological polar surface area (TPSA) is 55.1 Å². The van der Waals surface area contributed by atoms with Crippen LogP contribution in [0.4, 0.5) is 0 Å². The minimum absolute atomic E-state index is 0.00220. The molecule has 3 rings (SSSR count). The number of furan rings is 1. The highest BCUT2D eigenvalue weighted by atomic mass is 32.1. The smallest absolute Gasteiger partial charge is 0.220 e. The molecule has 1 N–H and O–H groups in total. The summed E-state index contributed by atoms with van der Waals surface area (Å²) in [5.74, 6) is 1.69. The molecule has 0 spiro atoms. The van der Waals surface area contributed by atoms with E-state index in [1.54, 1.807) is 11.3 Å². The van der Waals surface area contributed by atoms with Crippen molar-refractivity contribution in [1.82, 2.24) is 10.3 Å². The SMILES string of the molecule is Cc1cccc(CNC(=O)CCc2ccc(-c3cccs3)o2)n1. The summed E-state index contributed by atoms with van der Waals surface area (Å²) >= 11 is 1.64. The Balaban J connectivity index is 1.47. The van der Waals surface area contributed by atoms with Gasteiger partial charge in [0.1, 0.15) is 11.5 Å². The summed E-state index contributed by atoms with van der Waals surface area (Å²) in [4.78, 5) is 17.4. The van der Waals surface area contributed by atoms with E-state index in [1.165, 1.54) is 0 Å². The van der Waals surface area contributed by atoms with Gasteiger partial charge in [0, 0.05) is 18.5 Å². The van der Waals surface area contributed by atoms with Crippen molar-refractivity contribution in [2.45, 2.75) is 26.3 Å². The first-order valence-corrected chi connectivity index (χ1v) is 8.40. The average molecular weight is 326 g/mol. The number of aryl methyl sites for hydroxylation is 2. The number of nitrogens with zero attached hydrogens (tertiary/aromatic N) is 1. The van der Waals surface area contributed by atoms with Gasteiger partial charge in [-0.3, -0.25) is 9.78 Å². The Labute approximate surface area is 139 Å². The van der Waals surface area contributed by atoms with Gasteiger partial charge >= 0.3 is 0 Å². The van der Waals surface area contributed by atoms with Gasteiger partial charge in [-0.05, 0) is 42.6 Å². The Bertz CT molecular complexity index is 778. The number of aromatic nitrogens is 1. The summed E-state index contributed by atoms with van der Waals surface area (Å²) in [6.45, 7) is 2.40. The zero-order valence-corrected chi connectivity index (χ0v) is 13.7. The maximum absolute atomic E-state index is 11.9. The third kappa shape index (κ3) is 4.29. The first kappa shape index (κ1) is 15.5. The molecule has 118 valence electrons. The van der Waals surface area contributed by atoms with Gasteiger partial charge in [0.2, 0.25) is 5.91 Å². The number of rotatable bonds is 6. The summed E-state index contributed by atoms with van der Waals surface area (Å²) in [5.41, 5.74) is 1.82. The van der Waals surface area contributed by atoms with Crippen LogP contribution in [-0.2, 0) is 17.8 Å². The summed E-state index contributed by atoms with van der Waals surface area (Å²) in [6.07, 6.45) is 1.00. The van der Waals surface area contributed by atoms with Gasteiger partial charge in [0.15, 0.2) is 0 Å². The summed E-state index contributed by atoms with van der Waals surface area (Å²) in [5, 5.41) is 4.91. The largest absolute Gasteiger partial charge is 0.460 e. The molecule has 3 aromatic heterocycles. The van der Waals surface area contributed by atoms with E-state index in [-0.39, 0.29) is 5.91 Å². The van der Waals surface area contributed by atoms with E-state index in [0.717, 1.165) is 27.8 Å². The molecule has 0 fully saturated rings. The van der Waals surface area contributed by atoms with Crippen molar-refractivity contribution in [2.75, 3.05) is 0 Å². The normalized spacial score (nSPS) is 10.7. The van der Waals surface area contributed by atoms with Crippen LogP contribution in [0.1, 0.15) is 23.6 Å². The summed E-state index contributed by atoms with van der Waals surface area (Å²) in [7, 11) is 0. The summed E-state index contributed by atoms with van der Waals surface area (Å²) < 4.78 is 5.78. The number of carbonyl (C=O) groups excluding carboxylic acids is 1. The molecule has 0 atom stereocenters. The van der Waals surface area contributed by atoms with E-state index in [9.17, 15) is 4.79 Å². The van der Waals surface area contributed by atoms with E-state index in [2.05, 4.69) is 10.3 Å². The van der Waals surface area contributed by atoms with Crippen molar-refractivity contribution in [1.29, 1.82) is 0 Å². The molecule has 3 aromatic rings. The second kappa shape index (κ2) is 7.24. The number of nitrogens with one attached hydrogen (secondary N) is 1. The lowest BCUT2D eigenvalue weighted by molar-refractivity contribution is -0.121. The van der Waals surface area contributed by atoms with Gasteiger partial charge in [-0.25, -0.2) is 0 Å². The van der Waals surface area contributed by atoms with Gasteiger partial charge in [0.05, 0.1) is 17.1 Å². The zero-order chi connectivity index (χ0) is 16.1. The molecular weight excluding hydrogens is 308 g/mol. The van der Waals surface area contributed by atoms with Crippen LogP contribution in [0.3, 0.4) is 0 Å².